The van der Waals surface area contributed by atoms with Gasteiger partial charge in [0.05, 0.1) is 6.10 Å². The van der Waals surface area contributed by atoms with E-state index in [0.29, 0.717) is 0 Å². The van der Waals surface area contributed by atoms with Crippen molar-refractivity contribution in [1.29, 1.82) is 0 Å². The molecule has 1 nitrogen and oxygen atoms in total. The van der Waals surface area contributed by atoms with Crippen molar-refractivity contribution in [3.05, 3.63) is 25.3 Å². The molecule has 2 unspecified atom stereocenters. The highest BCUT2D eigenvalue weighted by molar-refractivity contribution is 4.85. The highest BCUT2D eigenvalue weighted by Crippen LogP contribution is 2.08. The second-order valence-electron chi connectivity index (χ2n) is 2.23. The number of rotatable bonds is 4. The monoisotopic (exact) mass is 126 g/mol. The maximum Gasteiger partial charge on any atom is 0.0746 e. The van der Waals surface area contributed by atoms with Gasteiger partial charge in [0.2, 0.25) is 0 Å². The fourth-order valence-electron chi connectivity index (χ4n) is 0.635. The summed E-state index contributed by atoms with van der Waals surface area (Å²) in [6.45, 7) is 9.02. The maximum absolute atomic E-state index is 9.09. The second kappa shape index (κ2) is 4.33. The molecule has 0 bridgehead atoms. The summed E-state index contributed by atoms with van der Waals surface area (Å²) in [4.78, 5) is 0. The molecule has 0 aliphatic heterocycles. The van der Waals surface area contributed by atoms with Crippen LogP contribution in [-0.4, -0.2) is 11.2 Å². The largest absolute Gasteiger partial charge is 0.389 e. The highest BCUT2D eigenvalue weighted by Gasteiger charge is 2.06. The Morgan fingerprint density at radius 2 is 2.11 bits per heavy atom. The molecule has 0 saturated carbocycles. The lowest BCUT2D eigenvalue weighted by molar-refractivity contribution is 0.164. The first-order valence-electron chi connectivity index (χ1n) is 3.14. The van der Waals surface area contributed by atoms with Crippen LogP contribution in [0.15, 0.2) is 25.3 Å². The van der Waals surface area contributed by atoms with Gasteiger partial charge < -0.3 is 5.11 Å². The maximum atomic E-state index is 9.09. The predicted molar refractivity (Wildman–Crippen MR) is 40.2 cm³/mol. The van der Waals surface area contributed by atoms with Crippen molar-refractivity contribution in [2.45, 2.75) is 19.4 Å². The van der Waals surface area contributed by atoms with Crippen LogP contribution in [0.25, 0.3) is 0 Å². The van der Waals surface area contributed by atoms with E-state index >= 15 is 0 Å². The van der Waals surface area contributed by atoms with Crippen molar-refractivity contribution < 1.29 is 5.11 Å². The van der Waals surface area contributed by atoms with Crippen LogP contribution >= 0.6 is 0 Å². The number of aliphatic hydroxyl groups is 1. The minimum Gasteiger partial charge on any atom is -0.389 e. The van der Waals surface area contributed by atoms with Crippen molar-refractivity contribution in [1.82, 2.24) is 0 Å². The van der Waals surface area contributed by atoms with Gasteiger partial charge in [-0.25, -0.2) is 0 Å². The summed E-state index contributed by atoms with van der Waals surface area (Å²) >= 11 is 0. The minimum absolute atomic E-state index is 0.250. The zero-order valence-electron chi connectivity index (χ0n) is 5.88. The van der Waals surface area contributed by atoms with E-state index in [-0.39, 0.29) is 12.0 Å². The Hall–Kier alpha value is -0.560. The molecule has 52 valence electrons. The Morgan fingerprint density at radius 1 is 1.56 bits per heavy atom. The van der Waals surface area contributed by atoms with Gasteiger partial charge in [-0.1, -0.05) is 19.1 Å². The molecule has 0 aromatic carbocycles. The minimum atomic E-state index is -0.386. The second-order valence-corrected chi connectivity index (χ2v) is 2.23. The molecule has 1 heteroatoms. The van der Waals surface area contributed by atoms with E-state index in [1.807, 2.05) is 6.92 Å². The number of aliphatic hydroxyl groups excluding tert-OH is 1. The van der Waals surface area contributed by atoms with Gasteiger partial charge in [-0.3, -0.25) is 0 Å². The third-order valence-corrected chi connectivity index (χ3v) is 1.36. The predicted octanol–water partition coefficient (Wildman–Crippen LogP) is 1.75. The molecule has 0 saturated heterocycles. The molecule has 2 atom stereocenters. The van der Waals surface area contributed by atoms with Crippen LogP contribution in [0, 0.1) is 5.92 Å². The Morgan fingerprint density at radius 3 is 2.44 bits per heavy atom. The van der Waals surface area contributed by atoms with Crippen LogP contribution in [0.3, 0.4) is 0 Å². The first-order valence-corrected chi connectivity index (χ1v) is 3.14. The van der Waals surface area contributed by atoms with Crippen molar-refractivity contribution in [2.24, 2.45) is 5.92 Å². The van der Waals surface area contributed by atoms with Crippen LogP contribution < -0.4 is 0 Å². The van der Waals surface area contributed by atoms with Gasteiger partial charge in [0.25, 0.3) is 0 Å². The van der Waals surface area contributed by atoms with Gasteiger partial charge in [0, 0.05) is 0 Å². The van der Waals surface area contributed by atoms with E-state index in [4.69, 9.17) is 5.11 Å². The topological polar surface area (TPSA) is 20.2 Å². The Bertz CT molecular complexity index is 96.7. The highest BCUT2D eigenvalue weighted by atomic mass is 16.3. The van der Waals surface area contributed by atoms with Crippen molar-refractivity contribution >= 4 is 0 Å². The summed E-state index contributed by atoms with van der Waals surface area (Å²) in [5.41, 5.74) is 0. The third-order valence-electron chi connectivity index (χ3n) is 1.36. The first kappa shape index (κ1) is 8.44. The lowest BCUT2D eigenvalue weighted by atomic mass is 10.0. The molecule has 0 radical (unpaired) electrons. The summed E-state index contributed by atoms with van der Waals surface area (Å²) in [7, 11) is 0. The molecule has 0 aliphatic rings. The molecule has 0 fully saturated rings. The lowest BCUT2D eigenvalue weighted by Gasteiger charge is -2.11. The quantitative estimate of drug-likeness (QED) is 0.569. The zero-order valence-corrected chi connectivity index (χ0v) is 5.88. The molecular formula is C8H14O. The van der Waals surface area contributed by atoms with Crippen molar-refractivity contribution in [2.75, 3.05) is 0 Å². The number of hydrogen-bond donors (Lipinski definition) is 1. The molecule has 1 N–H and O–H groups in total. The third kappa shape index (κ3) is 3.09. The molecule has 0 rings (SSSR count). The number of hydrogen-bond acceptors (Lipinski definition) is 1. The normalized spacial score (nSPS) is 16.2. The smallest absolute Gasteiger partial charge is 0.0746 e. The molecule has 0 aromatic rings. The fourth-order valence-corrected chi connectivity index (χ4v) is 0.635. The lowest BCUT2D eigenvalue weighted by Crippen LogP contribution is -2.12. The Balaban J connectivity index is 3.56. The molecule has 0 amide bonds. The van der Waals surface area contributed by atoms with Gasteiger partial charge in [0.1, 0.15) is 0 Å². The van der Waals surface area contributed by atoms with Gasteiger partial charge >= 0.3 is 0 Å². The molecule has 0 aromatic heterocycles. The first-order chi connectivity index (χ1) is 4.22. The summed E-state index contributed by atoms with van der Waals surface area (Å²) in [6, 6.07) is 0. The van der Waals surface area contributed by atoms with Crippen LogP contribution in [0.4, 0.5) is 0 Å². The number of allylic oxidation sites excluding steroid dienone is 1. The van der Waals surface area contributed by atoms with E-state index in [1.165, 1.54) is 0 Å². The van der Waals surface area contributed by atoms with Gasteiger partial charge in [0.15, 0.2) is 0 Å². The summed E-state index contributed by atoms with van der Waals surface area (Å²) in [5.74, 6) is 0.250. The standard InChI is InChI=1S/C8H14O/c1-4-6-7(3)8(9)5-2/h4-5,7-9H,1-2,6H2,3H3. The Labute approximate surface area is 56.7 Å². The Kier molecular flexibility index (Phi) is 4.06. The molecule has 0 aliphatic carbocycles. The summed E-state index contributed by atoms with van der Waals surface area (Å²) < 4.78 is 0. The van der Waals surface area contributed by atoms with E-state index < -0.39 is 0 Å². The average Bonchev–Trinajstić information content (AvgIpc) is 1.87. The molecule has 9 heavy (non-hydrogen) atoms. The summed E-state index contributed by atoms with van der Waals surface area (Å²) in [6.07, 6.45) is 3.81. The summed E-state index contributed by atoms with van der Waals surface area (Å²) in [5, 5.41) is 9.09. The van der Waals surface area contributed by atoms with Crippen molar-refractivity contribution in [3.8, 4) is 0 Å². The van der Waals surface area contributed by atoms with Gasteiger partial charge in [-0.2, -0.15) is 0 Å². The van der Waals surface area contributed by atoms with Gasteiger partial charge in [-0.15, -0.1) is 13.2 Å². The van der Waals surface area contributed by atoms with Crippen LogP contribution in [0.1, 0.15) is 13.3 Å². The van der Waals surface area contributed by atoms with E-state index in [1.54, 1.807) is 12.2 Å². The van der Waals surface area contributed by atoms with E-state index in [2.05, 4.69) is 13.2 Å². The zero-order chi connectivity index (χ0) is 7.28. The van der Waals surface area contributed by atoms with E-state index in [9.17, 15) is 0 Å². The van der Waals surface area contributed by atoms with Crippen LogP contribution in [0.5, 0.6) is 0 Å². The average molecular weight is 126 g/mol. The van der Waals surface area contributed by atoms with Crippen LogP contribution in [-0.2, 0) is 0 Å². The van der Waals surface area contributed by atoms with Crippen LogP contribution in [0.2, 0.25) is 0 Å². The van der Waals surface area contributed by atoms with Crippen molar-refractivity contribution in [3.63, 3.8) is 0 Å². The SMILES string of the molecule is C=CCC(C)C(O)C=C. The molecule has 0 spiro atoms. The fraction of sp³-hybridized carbons (Fsp3) is 0.500. The van der Waals surface area contributed by atoms with Gasteiger partial charge in [-0.05, 0) is 12.3 Å². The van der Waals surface area contributed by atoms with E-state index in [0.717, 1.165) is 6.42 Å². The molecular weight excluding hydrogens is 112 g/mol. The molecule has 0 heterocycles.